The molecule has 1 aliphatic rings. The Morgan fingerprint density at radius 2 is 1.86 bits per heavy atom. The monoisotopic (exact) mass is 296 g/mol. The molecular weight excluding hydrogens is 280 g/mol. The van der Waals surface area contributed by atoms with Crippen molar-refractivity contribution in [3.8, 4) is 5.88 Å². The number of hydrogen-bond acceptors (Lipinski definition) is 6. The average molecular weight is 296 g/mol. The topological polar surface area (TPSA) is 68.4 Å². The minimum atomic E-state index is 0.179. The van der Waals surface area contributed by atoms with Gasteiger partial charge in [-0.2, -0.15) is 10.1 Å². The number of aromatic nitrogens is 5. The Kier molecular flexibility index (Phi) is 3.30. The van der Waals surface area contributed by atoms with Crippen LogP contribution in [0.2, 0.25) is 0 Å². The highest BCUT2D eigenvalue weighted by Crippen LogP contribution is 2.20. The smallest absolute Gasteiger partial charge is 0.225 e. The molecular formula is C15H16N6O. The van der Waals surface area contributed by atoms with Gasteiger partial charge in [0.05, 0.1) is 6.20 Å². The molecule has 0 N–H and O–H groups in total. The Bertz CT molecular complexity index is 751. The van der Waals surface area contributed by atoms with Gasteiger partial charge in [-0.15, -0.1) is 0 Å². The molecule has 0 unspecified atom stereocenters. The summed E-state index contributed by atoms with van der Waals surface area (Å²) in [6.45, 7) is 1.78. The maximum atomic E-state index is 6.00. The second-order valence-electron chi connectivity index (χ2n) is 5.25. The summed E-state index contributed by atoms with van der Waals surface area (Å²) in [6, 6.07) is 5.55. The van der Waals surface area contributed by atoms with E-state index in [-0.39, 0.29) is 6.10 Å². The number of nitrogens with zero attached hydrogens (tertiary/aromatic N) is 6. The zero-order chi connectivity index (χ0) is 14.8. The Morgan fingerprint density at radius 3 is 2.68 bits per heavy atom. The van der Waals surface area contributed by atoms with Gasteiger partial charge in [-0.05, 0) is 6.07 Å². The van der Waals surface area contributed by atoms with Crippen molar-refractivity contribution in [2.45, 2.75) is 18.9 Å². The third-order valence-electron chi connectivity index (χ3n) is 3.80. The van der Waals surface area contributed by atoms with Crippen molar-refractivity contribution in [1.29, 1.82) is 0 Å². The fraction of sp³-hybridized carbons (Fsp3) is 0.333. The van der Waals surface area contributed by atoms with Crippen LogP contribution < -0.4 is 9.64 Å². The molecule has 0 atom stereocenters. The van der Waals surface area contributed by atoms with Gasteiger partial charge in [0.2, 0.25) is 11.8 Å². The molecule has 7 nitrogen and oxygen atoms in total. The molecule has 3 aromatic heterocycles. The van der Waals surface area contributed by atoms with Gasteiger partial charge in [0, 0.05) is 56.7 Å². The minimum Gasteiger partial charge on any atom is -0.474 e. The van der Waals surface area contributed by atoms with Gasteiger partial charge in [-0.3, -0.25) is 0 Å². The van der Waals surface area contributed by atoms with Crippen LogP contribution in [0.3, 0.4) is 0 Å². The van der Waals surface area contributed by atoms with Gasteiger partial charge in [0.1, 0.15) is 6.10 Å². The van der Waals surface area contributed by atoms with E-state index < -0.39 is 0 Å². The predicted molar refractivity (Wildman–Crippen MR) is 80.9 cm³/mol. The van der Waals surface area contributed by atoms with Gasteiger partial charge in [0.25, 0.3) is 0 Å². The van der Waals surface area contributed by atoms with Crippen LogP contribution in [0.1, 0.15) is 12.8 Å². The van der Waals surface area contributed by atoms with Crippen LogP contribution in [0.25, 0.3) is 5.65 Å². The second kappa shape index (κ2) is 5.59. The lowest BCUT2D eigenvalue weighted by Gasteiger charge is -2.31. The summed E-state index contributed by atoms with van der Waals surface area (Å²) >= 11 is 0. The molecule has 0 aliphatic carbocycles. The zero-order valence-corrected chi connectivity index (χ0v) is 12.0. The molecule has 0 bridgehead atoms. The first-order chi connectivity index (χ1) is 10.9. The van der Waals surface area contributed by atoms with E-state index in [1.807, 2.05) is 24.4 Å². The molecule has 0 saturated carbocycles. The number of hydrogen-bond donors (Lipinski definition) is 0. The maximum absolute atomic E-state index is 6.00. The first-order valence-corrected chi connectivity index (χ1v) is 7.37. The van der Waals surface area contributed by atoms with Crippen molar-refractivity contribution in [1.82, 2.24) is 24.6 Å². The van der Waals surface area contributed by atoms with Gasteiger partial charge in [0.15, 0.2) is 5.65 Å². The quantitative estimate of drug-likeness (QED) is 0.731. The van der Waals surface area contributed by atoms with Crippen LogP contribution in [0, 0.1) is 0 Å². The predicted octanol–water partition coefficient (Wildman–Crippen LogP) is 1.57. The van der Waals surface area contributed by atoms with Crippen molar-refractivity contribution in [3.63, 3.8) is 0 Å². The van der Waals surface area contributed by atoms with Crippen molar-refractivity contribution < 1.29 is 4.74 Å². The molecule has 1 saturated heterocycles. The van der Waals surface area contributed by atoms with E-state index in [0.717, 1.165) is 37.5 Å². The molecule has 112 valence electrons. The summed E-state index contributed by atoms with van der Waals surface area (Å²) in [6.07, 6.45) is 9.19. The van der Waals surface area contributed by atoms with E-state index in [1.165, 1.54) is 0 Å². The van der Waals surface area contributed by atoms with Crippen LogP contribution in [0.15, 0.2) is 43.0 Å². The van der Waals surface area contributed by atoms with Crippen LogP contribution in [0.4, 0.5) is 5.95 Å². The average Bonchev–Trinajstić information content (AvgIpc) is 3.04. The molecule has 4 heterocycles. The highest BCUT2D eigenvalue weighted by molar-refractivity contribution is 5.38. The van der Waals surface area contributed by atoms with Crippen LogP contribution in [-0.2, 0) is 0 Å². The second-order valence-corrected chi connectivity index (χ2v) is 5.25. The molecule has 1 fully saturated rings. The van der Waals surface area contributed by atoms with E-state index in [1.54, 1.807) is 23.1 Å². The van der Waals surface area contributed by atoms with Crippen molar-refractivity contribution >= 4 is 11.6 Å². The molecule has 22 heavy (non-hydrogen) atoms. The Hall–Kier alpha value is -2.70. The summed E-state index contributed by atoms with van der Waals surface area (Å²) in [5, 5.41) is 4.13. The standard InChI is InChI=1S/C15H16N6O/c1-6-16-15(17-7-1)20-9-3-12(4-10-20)22-14-5-11-21-13(19-14)2-8-18-21/h1-2,5-8,11-12H,3-4,9-10H2. The van der Waals surface area contributed by atoms with E-state index in [2.05, 4.69) is 25.0 Å². The fourth-order valence-corrected chi connectivity index (χ4v) is 2.66. The van der Waals surface area contributed by atoms with E-state index >= 15 is 0 Å². The normalized spacial score (nSPS) is 16.1. The van der Waals surface area contributed by atoms with Gasteiger partial charge < -0.3 is 9.64 Å². The SMILES string of the molecule is c1cnc(N2CCC(Oc3ccn4nccc4n3)CC2)nc1. The van der Waals surface area contributed by atoms with E-state index in [9.17, 15) is 0 Å². The third kappa shape index (κ3) is 2.57. The summed E-state index contributed by atoms with van der Waals surface area (Å²) in [5.41, 5.74) is 0.799. The minimum absolute atomic E-state index is 0.179. The number of anilines is 1. The molecule has 7 heteroatoms. The molecule has 0 amide bonds. The largest absolute Gasteiger partial charge is 0.474 e. The van der Waals surface area contributed by atoms with Gasteiger partial charge in [-0.25, -0.2) is 14.5 Å². The lowest BCUT2D eigenvalue weighted by molar-refractivity contribution is 0.163. The van der Waals surface area contributed by atoms with E-state index in [0.29, 0.717) is 5.88 Å². The summed E-state index contributed by atoms with van der Waals surface area (Å²) in [4.78, 5) is 15.2. The van der Waals surface area contributed by atoms with Crippen molar-refractivity contribution in [2.75, 3.05) is 18.0 Å². The Morgan fingerprint density at radius 1 is 1.05 bits per heavy atom. The maximum Gasteiger partial charge on any atom is 0.225 e. The number of piperidine rings is 1. The van der Waals surface area contributed by atoms with Gasteiger partial charge in [-0.1, -0.05) is 0 Å². The lowest BCUT2D eigenvalue weighted by atomic mass is 10.1. The molecule has 0 spiro atoms. The van der Waals surface area contributed by atoms with Crippen LogP contribution in [0.5, 0.6) is 5.88 Å². The van der Waals surface area contributed by atoms with Gasteiger partial charge >= 0.3 is 0 Å². The van der Waals surface area contributed by atoms with E-state index in [4.69, 9.17) is 4.74 Å². The molecule has 4 rings (SSSR count). The highest BCUT2D eigenvalue weighted by Gasteiger charge is 2.22. The van der Waals surface area contributed by atoms with Crippen LogP contribution in [-0.4, -0.2) is 43.8 Å². The number of fused-ring (bicyclic) bond motifs is 1. The molecule has 0 radical (unpaired) electrons. The summed E-state index contributed by atoms with van der Waals surface area (Å²) in [7, 11) is 0. The Balaban J connectivity index is 1.39. The first-order valence-electron chi connectivity index (χ1n) is 7.37. The summed E-state index contributed by atoms with van der Waals surface area (Å²) in [5.74, 6) is 1.45. The highest BCUT2D eigenvalue weighted by atomic mass is 16.5. The number of rotatable bonds is 3. The third-order valence-corrected chi connectivity index (χ3v) is 3.80. The molecule has 0 aromatic carbocycles. The zero-order valence-electron chi connectivity index (χ0n) is 12.0. The summed E-state index contributed by atoms with van der Waals surface area (Å²) < 4.78 is 7.72. The van der Waals surface area contributed by atoms with Crippen molar-refractivity contribution in [2.24, 2.45) is 0 Å². The van der Waals surface area contributed by atoms with Crippen LogP contribution >= 0.6 is 0 Å². The molecule has 1 aliphatic heterocycles. The molecule has 3 aromatic rings. The lowest BCUT2D eigenvalue weighted by Crippen LogP contribution is -2.39. The fourth-order valence-electron chi connectivity index (χ4n) is 2.66. The Labute approximate surface area is 127 Å². The first kappa shape index (κ1) is 13.0. The number of ether oxygens (including phenoxy) is 1. The van der Waals surface area contributed by atoms with Crippen molar-refractivity contribution in [3.05, 3.63) is 43.0 Å².